The van der Waals surface area contributed by atoms with Gasteiger partial charge in [0.2, 0.25) is 11.9 Å². The van der Waals surface area contributed by atoms with Gasteiger partial charge >= 0.3 is 0 Å². The molecule has 2 aromatic heterocycles. The van der Waals surface area contributed by atoms with Crippen LogP contribution in [-0.2, 0) is 0 Å². The number of aliphatic hydroxyl groups excluding tert-OH is 2. The third-order valence-corrected chi connectivity index (χ3v) is 15.2. The molecule has 3 aliphatic heterocycles. The van der Waals surface area contributed by atoms with Crippen LogP contribution in [0.3, 0.4) is 0 Å². The number of carbonyl (C=O) groups excluding carboxylic acids is 2. The molecule has 18 heteroatoms. The molecule has 9 rings (SSSR count). The van der Waals surface area contributed by atoms with Crippen LogP contribution in [0.5, 0.6) is 0 Å². The first-order chi connectivity index (χ1) is 33.3. The van der Waals surface area contributed by atoms with Crippen LogP contribution in [0.15, 0.2) is 60.9 Å². The number of nitrogens with zero attached hydrogens (tertiary/aromatic N) is 6. The summed E-state index contributed by atoms with van der Waals surface area (Å²) in [5.74, 6) is 3.57. The normalized spacial score (nSPS) is 18.7. The maximum absolute atomic E-state index is 13.3. The number of nitrogens with one attached hydrogen (secondary N) is 6. The second kappa shape index (κ2) is 25.0. The molecule has 5 aliphatic rings. The molecule has 4 fully saturated rings. The monoisotopic (exact) mass is 969 g/mol. The molecule has 0 radical (unpaired) electrons. The molecule has 2 amide bonds. The van der Waals surface area contributed by atoms with Gasteiger partial charge in [0.1, 0.15) is 11.6 Å². The van der Waals surface area contributed by atoms with E-state index in [9.17, 15) is 9.59 Å². The Balaban J connectivity index is 0.000000194. The summed E-state index contributed by atoms with van der Waals surface area (Å²) in [7, 11) is 0. The highest BCUT2D eigenvalue weighted by atomic mass is 32.2. The summed E-state index contributed by atoms with van der Waals surface area (Å²) in [5, 5.41) is 30.6. The van der Waals surface area contributed by atoms with Crippen LogP contribution in [0.2, 0.25) is 0 Å². The van der Waals surface area contributed by atoms with Gasteiger partial charge in [-0.15, -0.1) is 0 Å². The average molecular weight is 969 g/mol. The highest BCUT2D eigenvalue weighted by Gasteiger charge is 2.51. The van der Waals surface area contributed by atoms with E-state index in [-0.39, 0.29) is 25.0 Å². The van der Waals surface area contributed by atoms with Crippen molar-refractivity contribution in [1.82, 2.24) is 19.9 Å². The number of aromatic nitrogens is 4. The summed E-state index contributed by atoms with van der Waals surface area (Å²) < 4.78 is 6.57. The summed E-state index contributed by atoms with van der Waals surface area (Å²) >= 11 is 2.92. The summed E-state index contributed by atoms with van der Waals surface area (Å²) in [6.07, 6.45) is 17.9. The van der Waals surface area contributed by atoms with Gasteiger partial charge in [0.15, 0.2) is 0 Å². The summed E-state index contributed by atoms with van der Waals surface area (Å²) in [6, 6.07) is 15.1. The molecule has 2 saturated carbocycles. The number of amides is 2. The fraction of sp³-hybridized carbons (Fsp3) is 0.560. The molecule has 2 spiro atoms. The van der Waals surface area contributed by atoms with Crippen LogP contribution in [-0.4, -0.2) is 106 Å². The summed E-state index contributed by atoms with van der Waals surface area (Å²) in [5.41, 5.74) is 6.14. The van der Waals surface area contributed by atoms with E-state index >= 15 is 0 Å². The zero-order chi connectivity index (χ0) is 47.8. The molecule has 2 aromatic carbocycles. The van der Waals surface area contributed by atoms with Gasteiger partial charge in [0.05, 0.1) is 35.7 Å². The highest BCUT2D eigenvalue weighted by Crippen LogP contribution is 2.59. The average Bonchev–Trinajstić information content (AvgIpc) is 4.31. The number of aliphatic hydroxyl groups is 2. The van der Waals surface area contributed by atoms with Crippen molar-refractivity contribution in [1.29, 1.82) is 0 Å². The van der Waals surface area contributed by atoms with Crippen molar-refractivity contribution in [3.63, 3.8) is 0 Å². The lowest BCUT2D eigenvalue weighted by atomic mass is 9.79. The molecule has 68 heavy (non-hydrogen) atoms. The van der Waals surface area contributed by atoms with Crippen molar-refractivity contribution in [2.75, 3.05) is 104 Å². The first-order valence-electron chi connectivity index (χ1n) is 24.8. The summed E-state index contributed by atoms with van der Waals surface area (Å²) in [4.78, 5) is 48.8. The molecular formula is C50H72N12O4S2. The maximum atomic E-state index is 13.3. The van der Waals surface area contributed by atoms with E-state index in [4.69, 9.17) is 10.2 Å². The van der Waals surface area contributed by atoms with E-state index < -0.39 is 0 Å². The van der Waals surface area contributed by atoms with Gasteiger partial charge in [0.25, 0.3) is 11.8 Å². The van der Waals surface area contributed by atoms with E-state index in [0.717, 1.165) is 81.3 Å². The van der Waals surface area contributed by atoms with Gasteiger partial charge in [-0.3, -0.25) is 9.59 Å². The topological polar surface area (TPSA) is 205 Å². The van der Waals surface area contributed by atoms with Crippen molar-refractivity contribution in [2.24, 2.45) is 16.7 Å². The number of piperidine rings is 2. The second-order valence-electron chi connectivity index (χ2n) is 18.2. The van der Waals surface area contributed by atoms with Crippen LogP contribution in [0.1, 0.15) is 119 Å². The third kappa shape index (κ3) is 13.8. The molecule has 4 bridgehead atoms. The molecule has 8 N–H and O–H groups in total. The number of hydrogen-bond acceptors (Lipinski definition) is 16. The molecule has 2 saturated heterocycles. The minimum Gasteiger partial charge on any atom is -0.395 e. The molecule has 4 aromatic rings. The van der Waals surface area contributed by atoms with Crippen LogP contribution in [0.4, 0.5) is 46.3 Å². The smallest absolute Gasteiger partial charge is 0.258 e. The Morgan fingerprint density at radius 2 is 1.53 bits per heavy atom. The zero-order valence-electron chi connectivity index (χ0n) is 40.1. The predicted molar refractivity (Wildman–Crippen MR) is 281 cm³/mol. The lowest BCUT2D eigenvalue weighted by Gasteiger charge is -2.41. The number of unbranched alkanes of at least 4 members (excludes halogenated alkanes) is 1. The fourth-order valence-electron chi connectivity index (χ4n) is 9.39. The lowest BCUT2D eigenvalue weighted by molar-refractivity contribution is 0.101. The van der Waals surface area contributed by atoms with Crippen molar-refractivity contribution in [3.05, 3.63) is 72.1 Å². The van der Waals surface area contributed by atoms with Crippen molar-refractivity contribution in [2.45, 2.75) is 97.8 Å². The van der Waals surface area contributed by atoms with Crippen LogP contribution in [0.25, 0.3) is 0 Å². The first kappa shape index (κ1) is 50.8. The van der Waals surface area contributed by atoms with Crippen molar-refractivity contribution in [3.8, 4) is 0 Å². The Morgan fingerprint density at radius 1 is 0.824 bits per heavy atom. The van der Waals surface area contributed by atoms with E-state index in [1.807, 2.05) is 44.2 Å². The Morgan fingerprint density at radius 3 is 2.24 bits per heavy atom. The first-order valence-corrected chi connectivity index (χ1v) is 26.8. The Bertz CT molecular complexity index is 2250. The quantitative estimate of drug-likeness (QED) is 0.0413. The Hall–Kier alpha value is -5.04. The van der Waals surface area contributed by atoms with E-state index in [0.29, 0.717) is 62.9 Å². The number of carbonyl (C=O) groups is 2. The van der Waals surface area contributed by atoms with Crippen molar-refractivity contribution < 1.29 is 19.8 Å². The van der Waals surface area contributed by atoms with E-state index in [2.05, 4.69) is 73.4 Å². The van der Waals surface area contributed by atoms with E-state index in [1.165, 1.54) is 81.7 Å². The number of anilines is 8. The van der Waals surface area contributed by atoms with E-state index in [1.54, 1.807) is 24.5 Å². The largest absolute Gasteiger partial charge is 0.395 e. The molecule has 5 heterocycles. The highest BCUT2D eigenvalue weighted by molar-refractivity contribution is 8.00. The van der Waals surface area contributed by atoms with Gasteiger partial charge in [-0.2, -0.15) is 9.97 Å². The predicted octanol–water partition coefficient (Wildman–Crippen LogP) is 9.38. The number of benzene rings is 2. The van der Waals surface area contributed by atoms with Crippen LogP contribution < -0.4 is 40.5 Å². The van der Waals surface area contributed by atoms with Gasteiger partial charge in [0, 0.05) is 74.5 Å². The van der Waals surface area contributed by atoms with Gasteiger partial charge < -0.3 is 50.7 Å². The fourth-order valence-corrected chi connectivity index (χ4v) is 10.4. The molecule has 2 aliphatic carbocycles. The standard InChI is InChI=1S/C24H32N6O2S.C24H34N6O2S.C2H6/c31-13-14-33-29-18-4-5-19-20(15-18)30-12-9-24(7-8-24)17(16-30)3-1-2-10-25-23-26-11-6-21(28-23)27-22(19)32;1-2-3-11-25-23-26-12-6-21(28-23)27-22(32)19-5-4-18(29-33-16-15-31)17-20(19)30-13-9-24(7-8-24)10-14-30;1-2/h4-6,11,15,17,29,31H,1-3,7-10,12-14,16H2,(H2,25,26,27,28,32);4-6,12,17,29,31H,2-3,7-11,13-16H2,1H3,(H2,25,26,27,28,32);1-2H3. The molecule has 368 valence electrons. The van der Waals surface area contributed by atoms with Crippen LogP contribution >= 0.6 is 23.9 Å². The third-order valence-electron chi connectivity index (χ3n) is 13.7. The van der Waals surface area contributed by atoms with Crippen molar-refractivity contribution >= 4 is 82.0 Å². The maximum Gasteiger partial charge on any atom is 0.258 e. The zero-order valence-corrected chi connectivity index (χ0v) is 41.8. The second-order valence-corrected chi connectivity index (χ2v) is 20.0. The van der Waals surface area contributed by atoms with Gasteiger partial charge in [-0.1, -0.05) is 57.5 Å². The number of fused-ring (bicyclic) bond motifs is 7. The minimum absolute atomic E-state index is 0.118. The molecule has 16 nitrogen and oxygen atoms in total. The minimum atomic E-state index is -0.176. The number of hydrogen-bond donors (Lipinski definition) is 8. The van der Waals surface area contributed by atoms with Crippen LogP contribution in [0, 0.1) is 16.7 Å². The molecular weight excluding hydrogens is 897 g/mol. The summed E-state index contributed by atoms with van der Waals surface area (Å²) in [6.45, 7) is 11.9. The molecule has 1 unspecified atom stereocenters. The SMILES string of the molecule is CC.CCCCNc1nccc(NC(=O)c2ccc(NSCCO)cc2N2CCC3(CC2)CC3)n1.O=C1Nc2ccnc(n2)NCCCCC2CN(CCC23CC3)c2cc(NSCCO)ccc21. The number of rotatable bonds is 15. The Labute approximate surface area is 411 Å². The van der Waals surface area contributed by atoms with Gasteiger partial charge in [-0.05, 0) is 129 Å². The lowest BCUT2D eigenvalue weighted by Crippen LogP contribution is -2.42. The van der Waals surface area contributed by atoms with Gasteiger partial charge in [-0.25, -0.2) is 9.97 Å². The molecule has 1 atom stereocenters. The Kier molecular flexibility index (Phi) is 18.7.